The number of rotatable bonds is 7. The van der Waals surface area contributed by atoms with Crippen molar-refractivity contribution in [3.8, 4) is 5.75 Å². The third kappa shape index (κ3) is 7.55. The lowest BCUT2D eigenvalue weighted by Crippen LogP contribution is -2.38. The normalized spacial score (nSPS) is 12.0. The minimum atomic E-state index is -4.39. The van der Waals surface area contributed by atoms with Crippen molar-refractivity contribution in [2.24, 2.45) is 4.99 Å². The number of ether oxygens (including phenoxy) is 1. The maximum Gasteiger partial charge on any atom is 0.422 e. The molecule has 2 rings (SSSR count). The molecule has 0 saturated heterocycles. The Kier molecular flexibility index (Phi) is 7.45. The van der Waals surface area contributed by atoms with Crippen LogP contribution in [0.25, 0.3) is 0 Å². The largest absolute Gasteiger partial charge is 0.484 e. The number of para-hydroxylation sites is 1. The second-order valence-electron chi connectivity index (χ2n) is 5.74. The van der Waals surface area contributed by atoms with Crippen molar-refractivity contribution in [2.75, 3.05) is 20.2 Å². The van der Waals surface area contributed by atoms with Crippen molar-refractivity contribution in [2.45, 2.75) is 19.1 Å². The number of nitrogens with zero attached hydrogens (tertiary/aromatic N) is 1. The molecular formula is C19H21F4N3O. The molecule has 2 N–H and O–H groups in total. The molecule has 2 aromatic rings. The maximum absolute atomic E-state index is 12.9. The first kappa shape index (κ1) is 20.5. The van der Waals surface area contributed by atoms with Crippen LogP contribution in [0.1, 0.15) is 11.1 Å². The number of benzene rings is 2. The molecule has 0 aliphatic carbocycles. The molecule has 0 fully saturated rings. The van der Waals surface area contributed by atoms with E-state index < -0.39 is 12.8 Å². The van der Waals surface area contributed by atoms with Gasteiger partial charge in [0.05, 0.1) is 0 Å². The smallest absolute Gasteiger partial charge is 0.422 e. The van der Waals surface area contributed by atoms with Crippen molar-refractivity contribution in [3.05, 3.63) is 65.5 Å². The highest BCUT2D eigenvalue weighted by Gasteiger charge is 2.28. The van der Waals surface area contributed by atoms with E-state index in [1.165, 1.54) is 18.2 Å². The van der Waals surface area contributed by atoms with Gasteiger partial charge in [0, 0.05) is 25.7 Å². The lowest BCUT2D eigenvalue weighted by molar-refractivity contribution is -0.153. The van der Waals surface area contributed by atoms with Crippen LogP contribution >= 0.6 is 0 Å². The van der Waals surface area contributed by atoms with Crippen LogP contribution in [0, 0.1) is 5.82 Å². The Labute approximate surface area is 155 Å². The van der Waals surface area contributed by atoms with Gasteiger partial charge in [-0.25, -0.2) is 4.39 Å². The highest BCUT2D eigenvalue weighted by atomic mass is 19.4. The van der Waals surface area contributed by atoms with E-state index in [9.17, 15) is 17.6 Å². The van der Waals surface area contributed by atoms with Crippen LogP contribution in [0.2, 0.25) is 0 Å². The van der Waals surface area contributed by atoms with Gasteiger partial charge >= 0.3 is 6.18 Å². The summed E-state index contributed by atoms with van der Waals surface area (Å²) in [6.07, 6.45) is -3.72. The van der Waals surface area contributed by atoms with E-state index in [4.69, 9.17) is 4.74 Å². The molecule has 0 atom stereocenters. The van der Waals surface area contributed by atoms with E-state index in [1.54, 1.807) is 37.4 Å². The fourth-order valence-electron chi connectivity index (χ4n) is 2.33. The summed E-state index contributed by atoms with van der Waals surface area (Å²) in [4.78, 5) is 4.08. The fraction of sp³-hybridized carbons (Fsp3) is 0.316. The van der Waals surface area contributed by atoms with Gasteiger partial charge in [-0.15, -0.1) is 0 Å². The monoisotopic (exact) mass is 383 g/mol. The van der Waals surface area contributed by atoms with E-state index in [0.717, 1.165) is 5.56 Å². The summed E-state index contributed by atoms with van der Waals surface area (Å²) in [6, 6.07) is 12.7. The van der Waals surface area contributed by atoms with E-state index in [2.05, 4.69) is 15.6 Å². The number of guanidine groups is 1. The molecule has 0 aromatic heterocycles. The predicted molar refractivity (Wildman–Crippen MR) is 96.3 cm³/mol. The van der Waals surface area contributed by atoms with Gasteiger partial charge in [-0.05, 0) is 30.2 Å². The summed E-state index contributed by atoms with van der Waals surface area (Å²) in [5.74, 6) is 0.391. The molecule has 4 nitrogen and oxygen atoms in total. The minimum absolute atomic E-state index is 0.170. The summed E-state index contributed by atoms with van der Waals surface area (Å²) in [6.45, 7) is -0.517. The van der Waals surface area contributed by atoms with E-state index in [0.29, 0.717) is 24.5 Å². The van der Waals surface area contributed by atoms with Crippen LogP contribution in [0.4, 0.5) is 17.6 Å². The molecule has 0 aliphatic rings. The Morgan fingerprint density at radius 2 is 1.74 bits per heavy atom. The topological polar surface area (TPSA) is 45.7 Å². The first-order valence-corrected chi connectivity index (χ1v) is 8.34. The zero-order chi connectivity index (χ0) is 19.7. The Morgan fingerprint density at radius 3 is 2.41 bits per heavy atom. The highest BCUT2D eigenvalue weighted by molar-refractivity contribution is 5.79. The Bertz CT molecular complexity index is 745. The third-order valence-corrected chi connectivity index (χ3v) is 3.65. The van der Waals surface area contributed by atoms with E-state index >= 15 is 0 Å². The lowest BCUT2D eigenvalue weighted by Gasteiger charge is -2.15. The van der Waals surface area contributed by atoms with Gasteiger partial charge in [-0.3, -0.25) is 4.99 Å². The lowest BCUT2D eigenvalue weighted by atomic mass is 10.1. The number of alkyl halides is 3. The highest BCUT2D eigenvalue weighted by Crippen LogP contribution is 2.22. The van der Waals surface area contributed by atoms with Gasteiger partial charge in [0.15, 0.2) is 12.6 Å². The first-order chi connectivity index (χ1) is 12.9. The zero-order valence-corrected chi connectivity index (χ0v) is 14.8. The molecule has 0 heterocycles. The number of hydrogen-bond donors (Lipinski definition) is 2. The van der Waals surface area contributed by atoms with Crippen LogP contribution in [0.3, 0.4) is 0 Å². The third-order valence-electron chi connectivity index (χ3n) is 3.65. The van der Waals surface area contributed by atoms with Crippen LogP contribution in [-0.2, 0) is 13.0 Å². The number of nitrogens with one attached hydrogen (secondary N) is 2. The molecule has 2 aromatic carbocycles. The van der Waals surface area contributed by atoms with Crippen LogP contribution in [-0.4, -0.2) is 32.3 Å². The van der Waals surface area contributed by atoms with Gasteiger partial charge in [0.1, 0.15) is 11.6 Å². The zero-order valence-electron chi connectivity index (χ0n) is 14.8. The SMILES string of the molecule is CN=C(NCCc1ccc(F)cc1)NCc1ccccc1OCC(F)(F)F. The van der Waals surface area contributed by atoms with Gasteiger partial charge in [0.2, 0.25) is 0 Å². The molecule has 0 saturated carbocycles. The summed E-state index contributed by atoms with van der Waals surface area (Å²) in [7, 11) is 1.60. The van der Waals surface area contributed by atoms with Crippen LogP contribution < -0.4 is 15.4 Å². The van der Waals surface area contributed by atoms with Crippen LogP contribution in [0.15, 0.2) is 53.5 Å². The summed E-state index contributed by atoms with van der Waals surface area (Å²) in [5, 5.41) is 6.14. The van der Waals surface area contributed by atoms with Crippen molar-refractivity contribution < 1.29 is 22.3 Å². The molecule has 0 amide bonds. The average molecular weight is 383 g/mol. The second-order valence-corrected chi connectivity index (χ2v) is 5.74. The predicted octanol–water partition coefficient (Wildman–Crippen LogP) is 3.67. The first-order valence-electron chi connectivity index (χ1n) is 8.34. The number of hydrogen-bond acceptors (Lipinski definition) is 2. The van der Waals surface area contributed by atoms with Crippen molar-refractivity contribution in [1.82, 2.24) is 10.6 Å². The Morgan fingerprint density at radius 1 is 1.04 bits per heavy atom. The molecule has 0 spiro atoms. The van der Waals surface area contributed by atoms with Gasteiger partial charge in [-0.1, -0.05) is 30.3 Å². The molecule has 0 bridgehead atoms. The summed E-state index contributed by atoms with van der Waals surface area (Å²) < 4.78 is 54.8. The minimum Gasteiger partial charge on any atom is -0.484 e. The number of aliphatic imine (C=N–C) groups is 1. The molecular weight excluding hydrogens is 362 g/mol. The molecule has 146 valence electrons. The van der Waals surface area contributed by atoms with Gasteiger partial charge < -0.3 is 15.4 Å². The second kappa shape index (κ2) is 9.80. The quantitative estimate of drug-likeness (QED) is 0.436. The average Bonchev–Trinajstić information content (AvgIpc) is 2.64. The van der Waals surface area contributed by atoms with Gasteiger partial charge in [-0.2, -0.15) is 13.2 Å². The standard InChI is InChI=1S/C19H21F4N3O/c1-24-18(25-11-10-14-6-8-16(20)9-7-14)26-12-15-4-2-3-5-17(15)27-13-19(21,22)23/h2-9H,10-13H2,1H3,(H2,24,25,26). The van der Waals surface area contributed by atoms with E-state index in [-0.39, 0.29) is 18.1 Å². The summed E-state index contributed by atoms with van der Waals surface area (Å²) in [5.41, 5.74) is 1.56. The molecule has 8 heteroatoms. The van der Waals surface area contributed by atoms with Crippen molar-refractivity contribution >= 4 is 5.96 Å². The van der Waals surface area contributed by atoms with Crippen molar-refractivity contribution in [3.63, 3.8) is 0 Å². The Balaban J connectivity index is 1.84. The van der Waals surface area contributed by atoms with Crippen molar-refractivity contribution in [1.29, 1.82) is 0 Å². The van der Waals surface area contributed by atoms with Gasteiger partial charge in [0.25, 0.3) is 0 Å². The molecule has 0 radical (unpaired) electrons. The molecule has 0 unspecified atom stereocenters. The molecule has 0 aliphatic heterocycles. The Hall–Kier alpha value is -2.77. The maximum atomic E-state index is 12.9. The number of halogens is 4. The van der Waals surface area contributed by atoms with Crippen LogP contribution in [0.5, 0.6) is 5.75 Å². The fourth-order valence-corrected chi connectivity index (χ4v) is 2.33. The molecule has 27 heavy (non-hydrogen) atoms. The van der Waals surface area contributed by atoms with E-state index in [1.807, 2.05) is 0 Å². The summed E-state index contributed by atoms with van der Waals surface area (Å²) >= 11 is 0.